The minimum atomic E-state index is -0.519. The van der Waals surface area contributed by atoms with Crippen LogP contribution in [0.4, 0.5) is 0 Å². The molecule has 1 saturated heterocycles. The predicted octanol–water partition coefficient (Wildman–Crippen LogP) is -1.11. The molecule has 2 heterocycles. The molecule has 0 bridgehead atoms. The number of nitrogens with zero attached hydrogens (tertiary/aromatic N) is 4. The first kappa shape index (κ1) is 14.4. The maximum Gasteiger partial charge on any atom is 0.312 e. The summed E-state index contributed by atoms with van der Waals surface area (Å²) in [6.07, 6.45) is 0.864. The van der Waals surface area contributed by atoms with Gasteiger partial charge in [0.05, 0.1) is 6.54 Å². The molecule has 1 fully saturated rings. The number of likely N-dealkylation sites (N-methyl/N-ethyl adjacent to an activating group) is 1. The molecular weight excluding hydrogens is 260 g/mol. The van der Waals surface area contributed by atoms with E-state index in [1.807, 2.05) is 0 Å². The molecule has 0 aliphatic carbocycles. The molecule has 8 nitrogen and oxygen atoms in total. The van der Waals surface area contributed by atoms with Crippen molar-refractivity contribution in [2.75, 3.05) is 33.2 Å². The van der Waals surface area contributed by atoms with E-state index < -0.39 is 11.8 Å². The van der Waals surface area contributed by atoms with E-state index in [-0.39, 0.29) is 6.54 Å². The molecule has 1 aliphatic heterocycles. The molecule has 0 spiro atoms. The van der Waals surface area contributed by atoms with Gasteiger partial charge in [0.2, 0.25) is 0 Å². The lowest BCUT2D eigenvalue weighted by atomic mass is 10.3. The van der Waals surface area contributed by atoms with Crippen LogP contribution < -0.4 is 5.32 Å². The predicted molar refractivity (Wildman–Crippen MR) is 71.7 cm³/mol. The van der Waals surface area contributed by atoms with Crippen molar-refractivity contribution in [3.63, 3.8) is 0 Å². The topological polar surface area (TPSA) is 94.2 Å². The van der Waals surface area contributed by atoms with Crippen LogP contribution in [0.25, 0.3) is 0 Å². The summed E-state index contributed by atoms with van der Waals surface area (Å²) in [5.41, 5.74) is 0. The molecular formula is C12H20N6O2. The molecule has 1 aliphatic rings. The first-order chi connectivity index (χ1) is 9.58. The highest BCUT2D eigenvalue weighted by atomic mass is 16.2. The van der Waals surface area contributed by atoms with E-state index in [9.17, 15) is 9.59 Å². The number of hydrogen-bond donors (Lipinski definition) is 2. The quantitative estimate of drug-likeness (QED) is 0.670. The van der Waals surface area contributed by atoms with Crippen molar-refractivity contribution in [1.29, 1.82) is 0 Å². The van der Waals surface area contributed by atoms with Gasteiger partial charge < -0.3 is 15.1 Å². The van der Waals surface area contributed by atoms with Gasteiger partial charge in [0, 0.05) is 26.7 Å². The van der Waals surface area contributed by atoms with Crippen LogP contribution in [-0.4, -0.2) is 70.0 Å². The SMILES string of the molecule is Cc1nc(CN(C)C(=O)C(=O)N2CCCNCC2)n[nH]1. The Morgan fingerprint density at radius 3 is 2.85 bits per heavy atom. The minimum absolute atomic E-state index is 0.223. The molecule has 0 radical (unpaired) electrons. The second kappa shape index (κ2) is 6.47. The highest BCUT2D eigenvalue weighted by Gasteiger charge is 2.26. The van der Waals surface area contributed by atoms with Gasteiger partial charge in [-0.3, -0.25) is 14.7 Å². The second-order valence-electron chi connectivity index (χ2n) is 4.89. The number of carbonyl (C=O) groups is 2. The van der Waals surface area contributed by atoms with Gasteiger partial charge in [0.15, 0.2) is 5.82 Å². The summed E-state index contributed by atoms with van der Waals surface area (Å²) in [4.78, 5) is 31.3. The Morgan fingerprint density at radius 2 is 2.15 bits per heavy atom. The number of aromatic amines is 1. The Kier molecular flexibility index (Phi) is 4.67. The Labute approximate surface area is 117 Å². The fraction of sp³-hybridized carbons (Fsp3) is 0.667. The zero-order valence-corrected chi connectivity index (χ0v) is 11.8. The minimum Gasteiger partial charge on any atom is -0.333 e. The van der Waals surface area contributed by atoms with Gasteiger partial charge >= 0.3 is 11.8 Å². The van der Waals surface area contributed by atoms with E-state index in [1.54, 1.807) is 18.9 Å². The van der Waals surface area contributed by atoms with E-state index in [0.717, 1.165) is 19.5 Å². The highest BCUT2D eigenvalue weighted by molar-refractivity contribution is 6.34. The van der Waals surface area contributed by atoms with Gasteiger partial charge in [-0.05, 0) is 19.9 Å². The van der Waals surface area contributed by atoms with Gasteiger partial charge in [0.25, 0.3) is 0 Å². The van der Waals surface area contributed by atoms with Gasteiger partial charge in [0.1, 0.15) is 5.82 Å². The monoisotopic (exact) mass is 280 g/mol. The van der Waals surface area contributed by atoms with E-state index >= 15 is 0 Å². The average molecular weight is 280 g/mol. The van der Waals surface area contributed by atoms with Crippen LogP contribution >= 0.6 is 0 Å². The number of aromatic nitrogens is 3. The van der Waals surface area contributed by atoms with Crippen LogP contribution in [0.2, 0.25) is 0 Å². The number of rotatable bonds is 2. The van der Waals surface area contributed by atoms with Crippen molar-refractivity contribution in [2.45, 2.75) is 19.9 Å². The third-order valence-corrected chi connectivity index (χ3v) is 3.18. The van der Waals surface area contributed by atoms with Crippen molar-refractivity contribution in [2.24, 2.45) is 0 Å². The molecule has 0 atom stereocenters. The van der Waals surface area contributed by atoms with Gasteiger partial charge in [-0.1, -0.05) is 0 Å². The Balaban J connectivity index is 1.93. The largest absolute Gasteiger partial charge is 0.333 e. The average Bonchev–Trinajstić information content (AvgIpc) is 2.69. The Bertz CT molecular complexity index is 478. The van der Waals surface area contributed by atoms with Crippen molar-refractivity contribution in [1.82, 2.24) is 30.3 Å². The summed E-state index contributed by atoms with van der Waals surface area (Å²) < 4.78 is 0. The maximum absolute atomic E-state index is 12.1. The molecule has 110 valence electrons. The number of carbonyl (C=O) groups excluding carboxylic acids is 2. The number of H-pyrrole nitrogens is 1. The molecule has 2 rings (SSSR count). The first-order valence-corrected chi connectivity index (χ1v) is 6.71. The third-order valence-electron chi connectivity index (χ3n) is 3.18. The van der Waals surface area contributed by atoms with E-state index in [2.05, 4.69) is 20.5 Å². The summed E-state index contributed by atoms with van der Waals surface area (Å²) in [5, 5.41) is 9.87. The summed E-state index contributed by atoms with van der Waals surface area (Å²) in [7, 11) is 1.59. The van der Waals surface area contributed by atoms with Crippen molar-refractivity contribution in [3.05, 3.63) is 11.6 Å². The van der Waals surface area contributed by atoms with E-state index in [4.69, 9.17) is 0 Å². The normalized spacial score (nSPS) is 15.8. The smallest absolute Gasteiger partial charge is 0.312 e. The molecule has 0 aromatic carbocycles. The number of nitrogens with one attached hydrogen (secondary N) is 2. The van der Waals surface area contributed by atoms with Crippen LogP contribution in [0.15, 0.2) is 0 Å². The zero-order chi connectivity index (χ0) is 14.5. The Hall–Kier alpha value is -1.96. The van der Waals surface area contributed by atoms with Gasteiger partial charge in [-0.2, -0.15) is 5.10 Å². The number of amides is 2. The molecule has 0 unspecified atom stereocenters. The zero-order valence-electron chi connectivity index (χ0n) is 11.8. The summed E-state index contributed by atoms with van der Waals surface area (Å²) in [6, 6.07) is 0. The van der Waals surface area contributed by atoms with Crippen LogP contribution in [0.3, 0.4) is 0 Å². The first-order valence-electron chi connectivity index (χ1n) is 6.71. The standard InChI is InChI=1S/C12H20N6O2/c1-9-14-10(16-15-9)8-17(2)11(19)12(20)18-6-3-4-13-5-7-18/h13H,3-8H2,1-2H3,(H,14,15,16). The molecule has 8 heteroatoms. The fourth-order valence-corrected chi connectivity index (χ4v) is 2.09. The lowest BCUT2D eigenvalue weighted by Gasteiger charge is -2.22. The van der Waals surface area contributed by atoms with E-state index in [0.29, 0.717) is 24.7 Å². The lowest BCUT2D eigenvalue weighted by Crippen LogP contribution is -2.44. The molecule has 1 aromatic rings. The van der Waals surface area contributed by atoms with Crippen LogP contribution in [0.1, 0.15) is 18.1 Å². The molecule has 1 aromatic heterocycles. The van der Waals surface area contributed by atoms with E-state index in [1.165, 1.54) is 4.90 Å². The summed E-state index contributed by atoms with van der Waals surface area (Å²) in [6.45, 7) is 4.80. The lowest BCUT2D eigenvalue weighted by molar-refractivity contribution is -0.151. The molecule has 20 heavy (non-hydrogen) atoms. The fourth-order valence-electron chi connectivity index (χ4n) is 2.09. The van der Waals surface area contributed by atoms with Crippen molar-refractivity contribution < 1.29 is 9.59 Å². The second-order valence-corrected chi connectivity index (χ2v) is 4.89. The van der Waals surface area contributed by atoms with Crippen LogP contribution in [0.5, 0.6) is 0 Å². The molecule has 2 N–H and O–H groups in total. The maximum atomic E-state index is 12.1. The summed E-state index contributed by atoms with van der Waals surface area (Å²) in [5.74, 6) is 0.215. The Morgan fingerprint density at radius 1 is 1.35 bits per heavy atom. The van der Waals surface area contributed by atoms with Crippen LogP contribution in [-0.2, 0) is 16.1 Å². The highest BCUT2D eigenvalue weighted by Crippen LogP contribution is 2.02. The number of hydrogen-bond acceptors (Lipinski definition) is 5. The van der Waals surface area contributed by atoms with Crippen molar-refractivity contribution in [3.8, 4) is 0 Å². The number of aryl methyl sites for hydroxylation is 1. The van der Waals surface area contributed by atoms with Gasteiger partial charge in [-0.25, -0.2) is 4.98 Å². The molecule has 0 saturated carbocycles. The third kappa shape index (κ3) is 3.53. The van der Waals surface area contributed by atoms with Gasteiger partial charge in [-0.15, -0.1) is 0 Å². The summed E-state index contributed by atoms with van der Waals surface area (Å²) >= 11 is 0. The molecule has 2 amide bonds. The van der Waals surface area contributed by atoms with Crippen molar-refractivity contribution >= 4 is 11.8 Å². The van der Waals surface area contributed by atoms with Crippen LogP contribution in [0, 0.1) is 6.92 Å².